The Morgan fingerprint density at radius 2 is 1.57 bits per heavy atom. The number of likely N-dealkylation sites (tertiary alicyclic amines) is 1. The van der Waals surface area contributed by atoms with Crippen molar-refractivity contribution in [3.8, 4) is 0 Å². The van der Waals surface area contributed by atoms with Gasteiger partial charge in [-0.2, -0.15) is 22.5 Å². The Labute approximate surface area is 236 Å². The van der Waals surface area contributed by atoms with E-state index in [2.05, 4.69) is 20.6 Å². The lowest BCUT2D eigenvalue weighted by Gasteiger charge is -2.37. The highest BCUT2D eigenvalue weighted by Gasteiger charge is 2.36. The number of halogens is 5. The van der Waals surface area contributed by atoms with Crippen LogP contribution in [0.15, 0.2) is 65.7 Å². The summed E-state index contributed by atoms with van der Waals surface area (Å²) in [5, 5.41) is 6.06. The van der Waals surface area contributed by atoms with E-state index in [1.807, 2.05) is 0 Å². The smallest absolute Gasteiger partial charge is 0.340 e. The first-order valence-corrected chi connectivity index (χ1v) is 13.7. The van der Waals surface area contributed by atoms with Gasteiger partial charge in [-0.05, 0) is 67.4 Å². The van der Waals surface area contributed by atoms with Crippen LogP contribution in [0, 0.1) is 5.82 Å². The summed E-state index contributed by atoms with van der Waals surface area (Å²) in [6.45, 7) is -0.556. The molecule has 0 bridgehead atoms. The summed E-state index contributed by atoms with van der Waals surface area (Å²) < 4.78 is 79.5. The van der Waals surface area contributed by atoms with Crippen molar-refractivity contribution in [3.05, 3.63) is 66.6 Å². The Kier molecular flexibility index (Phi) is 10.7. The van der Waals surface area contributed by atoms with Crippen molar-refractivity contribution in [2.24, 2.45) is 5.73 Å². The molecule has 4 rings (SSSR count). The molecule has 2 aromatic carbocycles. The number of benzene rings is 2. The molecule has 40 heavy (non-hydrogen) atoms. The minimum Gasteiger partial charge on any atom is -0.340 e. The average molecular weight is 604 g/mol. The second kappa shape index (κ2) is 13.5. The molecule has 0 amide bonds. The lowest BCUT2D eigenvalue weighted by Crippen LogP contribution is -2.50. The summed E-state index contributed by atoms with van der Waals surface area (Å²) in [6.07, 6.45) is -2.19. The summed E-state index contributed by atoms with van der Waals surface area (Å²) in [6, 6.07) is 13.0. The number of piperidine rings is 1. The van der Waals surface area contributed by atoms with Crippen molar-refractivity contribution in [2.75, 3.05) is 43.4 Å². The third kappa shape index (κ3) is 8.48. The Morgan fingerprint density at radius 3 is 2.17 bits per heavy atom. The van der Waals surface area contributed by atoms with Gasteiger partial charge in [-0.25, -0.2) is 17.8 Å². The molecule has 9 nitrogen and oxygen atoms in total. The molecule has 1 aliphatic heterocycles. The molecule has 1 fully saturated rings. The van der Waals surface area contributed by atoms with E-state index >= 15 is 0 Å². The van der Waals surface area contributed by atoms with Crippen LogP contribution in [-0.4, -0.2) is 72.5 Å². The highest BCUT2D eigenvalue weighted by molar-refractivity contribution is 7.89. The van der Waals surface area contributed by atoms with Crippen LogP contribution < -0.4 is 16.4 Å². The topological polar surface area (TPSA) is 116 Å². The largest absolute Gasteiger partial charge is 0.401 e. The van der Waals surface area contributed by atoms with Crippen LogP contribution in [-0.2, 0) is 10.0 Å². The monoisotopic (exact) mass is 603 g/mol. The van der Waals surface area contributed by atoms with Crippen LogP contribution in [0.5, 0.6) is 0 Å². The Bertz CT molecular complexity index is 1340. The predicted molar refractivity (Wildman–Crippen MR) is 147 cm³/mol. The molecule has 218 valence electrons. The lowest BCUT2D eigenvalue weighted by molar-refractivity contribution is -0.148. The van der Waals surface area contributed by atoms with Crippen molar-refractivity contribution in [1.29, 1.82) is 0 Å². The van der Waals surface area contributed by atoms with E-state index in [-0.39, 0.29) is 68.1 Å². The number of hydrogen-bond donors (Lipinski definition) is 3. The maximum absolute atomic E-state index is 13.4. The minimum atomic E-state index is -4.29. The fourth-order valence-corrected chi connectivity index (χ4v) is 6.09. The summed E-state index contributed by atoms with van der Waals surface area (Å²) >= 11 is 0. The number of hydrogen-bond acceptors (Lipinski definition) is 8. The van der Waals surface area contributed by atoms with Gasteiger partial charge in [0.15, 0.2) is 0 Å². The fourth-order valence-electron chi connectivity index (χ4n) is 4.39. The minimum absolute atomic E-state index is 0. The number of alkyl halides is 3. The summed E-state index contributed by atoms with van der Waals surface area (Å²) in [7, 11) is -3.93. The van der Waals surface area contributed by atoms with Crippen LogP contribution >= 0.6 is 12.4 Å². The van der Waals surface area contributed by atoms with E-state index in [4.69, 9.17) is 5.73 Å². The van der Waals surface area contributed by atoms with Gasteiger partial charge in [0.05, 0.1) is 11.4 Å². The average Bonchev–Trinajstić information content (AvgIpc) is 2.89. The van der Waals surface area contributed by atoms with Crippen molar-refractivity contribution in [3.63, 3.8) is 0 Å². The molecular formula is C25H30ClF4N7O2S. The molecule has 1 saturated heterocycles. The molecular weight excluding hydrogens is 574 g/mol. The van der Waals surface area contributed by atoms with E-state index in [0.717, 1.165) is 0 Å². The van der Waals surface area contributed by atoms with Gasteiger partial charge in [-0.15, -0.1) is 12.4 Å². The molecule has 0 unspecified atom stereocenters. The maximum Gasteiger partial charge on any atom is 0.401 e. The predicted octanol–water partition coefficient (Wildman–Crippen LogP) is 4.50. The Balaban J connectivity index is 0.00000441. The molecule has 0 aliphatic carbocycles. The highest BCUT2D eigenvalue weighted by Crippen LogP contribution is 2.27. The second-order valence-corrected chi connectivity index (χ2v) is 11.0. The van der Waals surface area contributed by atoms with Gasteiger partial charge in [0, 0.05) is 49.8 Å². The van der Waals surface area contributed by atoms with Crippen LogP contribution in [0.1, 0.15) is 12.8 Å². The van der Waals surface area contributed by atoms with Crippen LogP contribution in [0.4, 0.5) is 40.7 Å². The van der Waals surface area contributed by atoms with Crippen molar-refractivity contribution >= 4 is 45.6 Å². The fraction of sp³-hybridized carbons (Fsp3) is 0.360. The number of nitrogens with two attached hydrogens (primary N) is 1. The molecule has 0 radical (unpaired) electrons. The summed E-state index contributed by atoms with van der Waals surface area (Å²) in [5.41, 5.74) is 6.87. The third-order valence-electron chi connectivity index (χ3n) is 6.21. The van der Waals surface area contributed by atoms with Gasteiger partial charge < -0.3 is 16.4 Å². The standard InChI is InChI=1S/C25H29F4N7O2S.ClH/c26-18-1-3-19(4-2-18)32-23-9-13-31-24(34-23)33-20-5-7-22(8-6-20)39(37,38)36(16-12-30)21-10-14-35(15-11-21)17-25(27,28)29;/h1-9,13,21H,10-12,14-17,30H2,(H2,31,32,33,34);1H. The first-order valence-electron chi connectivity index (χ1n) is 12.3. The van der Waals surface area contributed by atoms with Gasteiger partial charge in [0.25, 0.3) is 0 Å². The van der Waals surface area contributed by atoms with E-state index in [0.29, 0.717) is 17.2 Å². The number of rotatable bonds is 10. The van der Waals surface area contributed by atoms with Gasteiger partial charge in [0.2, 0.25) is 16.0 Å². The first-order chi connectivity index (χ1) is 18.5. The molecule has 0 spiro atoms. The molecule has 0 saturated carbocycles. The molecule has 1 aromatic heterocycles. The van der Waals surface area contributed by atoms with E-state index in [1.165, 1.54) is 39.7 Å². The van der Waals surface area contributed by atoms with Crippen LogP contribution in [0.2, 0.25) is 0 Å². The van der Waals surface area contributed by atoms with Gasteiger partial charge in [0.1, 0.15) is 11.6 Å². The normalized spacial score (nSPS) is 15.1. The van der Waals surface area contributed by atoms with Crippen LogP contribution in [0.25, 0.3) is 0 Å². The zero-order valence-electron chi connectivity index (χ0n) is 21.3. The number of nitrogens with one attached hydrogen (secondary N) is 2. The molecule has 0 atom stereocenters. The molecule has 3 aromatic rings. The summed E-state index contributed by atoms with van der Waals surface area (Å²) in [5.74, 6) is 0.374. The van der Waals surface area contributed by atoms with E-state index in [9.17, 15) is 26.0 Å². The van der Waals surface area contributed by atoms with Crippen LogP contribution in [0.3, 0.4) is 0 Å². The third-order valence-corrected chi connectivity index (χ3v) is 8.17. The van der Waals surface area contributed by atoms with Crippen molar-refractivity contribution in [2.45, 2.75) is 30.0 Å². The molecule has 1 aliphatic rings. The van der Waals surface area contributed by atoms with E-state index in [1.54, 1.807) is 30.3 Å². The zero-order chi connectivity index (χ0) is 28.0. The number of aromatic nitrogens is 2. The highest BCUT2D eigenvalue weighted by atomic mass is 35.5. The Morgan fingerprint density at radius 1 is 0.975 bits per heavy atom. The number of anilines is 4. The van der Waals surface area contributed by atoms with Gasteiger partial charge in [-0.3, -0.25) is 4.90 Å². The number of nitrogens with zero attached hydrogens (tertiary/aromatic N) is 4. The maximum atomic E-state index is 13.4. The van der Waals surface area contributed by atoms with Crippen molar-refractivity contribution < 1.29 is 26.0 Å². The first kappa shape index (κ1) is 31.5. The van der Waals surface area contributed by atoms with E-state index < -0.39 is 28.8 Å². The molecule has 4 N–H and O–H groups in total. The van der Waals surface area contributed by atoms with Gasteiger partial charge in [-0.1, -0.05) is 0 Å². The zero-order valence-corrected chi connectivity index (χ0v) is 22.9. The summed E-state index contributed by atoms with van der Waals surface area (Å²) in [4.78, 5) is 9.86. The number of sulfonamides is 1. The quantitative estimate of drug-likeness (QED) is 0.290. The second-order valence-electron chi connectivity index (χ2n) is 9.07. The van der Waals surface area contributed by atoms with Crippen molar-refractivity contribution in [1.82, 2.24) is 19.2 Å². The molecule has 15 heteroatoms. The Hall–Kier alpha value is -3.04. The lowest BCUT2D eigenvalue weighted by atomic mass is 10.1. The SMILES string of the molecule is Cl.NCCN(C1CCN(CC(F)(F)F)CC1)S(=O)(=O)c1ccc(Nc2nccc(Nc3ccc(F)cc3)n2)cc1. The molecule has 2 heterocycles. The van der Waals surface area contributed by atoms with Gasteiger partial charge >= 0.3 is 6.18 Å².